The van der Waals surface area contributed by atoms with Gasteiger partial charge in [-0.2, -0.15) is 8.42 Å². The highest BCUT2D eigenvalue weighted by Crippen LogP contribution is 2.28. The highest BCUT2D eigenvalue weighted by atomic mass is 32.3. The van der Waals surface area contributed by atoms with Crippen molar-refractivity contribution < 1.29 is 12.3 Å². The number of rotatable bonds is 1. The smallest absolute Gasteiger partial charge is 0.190 e. The molecule has 0 heterocycles. The van der Waals surface area contributed by atoms with E-state index in [1.165, 1.54) is 0 Å². The molecule has 1 aliphatic carbocycles. The van der Waals surface area contributed by atoms with Gasteiger partial charge < -0.3 is 0 Å². The Labute approximate surface area is 47.2 Å². The van der Waals surface area contributed by atoms with E-state index in [4.69, 9.17) is 0 Å². The lowest BCUT2D eigenvalue weighted by Gasteiger charge is -1.73. The molecule has 0 radical (unpaired) electrons. The highest BCUT2D eigenvalue weighted by molar-refractivity contribution is 7.89. The first kappa shape index (κ1) is 5.75. The van der Waals surface area contributed by atoms with E-state index in [2.05, 4.69) is 0 Å². The molecule has 0 saturated heterocycles. The topological polar surface area (TPSA) is 34.1 Å². The first-order valence-corrected chi connectivity index (χ1v) is 3.67. The van der Waals surface area contributed by atoms with Crippen LogP contribution in [0, 0.1) is 0 Å². The fraction of sp³-hybridized carbons (Fsp3) is 0.500. The van der Waals surface area contributed by atoms with Crippen LogP contribution in [0.4, 0.5) is 3.89 Å². The average Bonchev–Trinajstić information content (AvgIpc) is 2.12. The maximum Gasteiger partial charge on any atom is 0.325 e. The SMILES string of the molecule is O=S(=O)(F)C=C1CC1. The Morgan fingerprint density at radius 1 is 1.50 bits per heavy atom. The van der Waals surface area contributed by atoms with Crippen molar-refractivity contribution in [3.63, 3.8) is 0 Å². The van der Waals surface area contributed by atoms with Crippen molar-refractivity contribution in [2.45, 2.75) is 12.8 Å². The monoisotopic (exact) mass is 136 g/mol. The molecule has 1 saturated carbocycles. The van der Waals surface area contributed by atoms with Crippen LogP contribution in [0.15, 0.2) is 11.0 Å². The van der Waals surface area contributed by atoms with Crippen LogP contribution >= 0.6 is 0 Å². The summed E-state index contributed by atoms with van der Waals surface area (Å²) in [4.78, 5) is 0. The van der Waals surface area contributed by atoms with Crippen molar-refractivity contribution in [1.29, 1.82) is 0 Å². The lowest BCUT2D eigenvalue weighted by atomic mass is 10.7. The second-order valence-corrected chi connectivity index (χ2v) is 2.94. The molecule has 8 heavy (non-hydrogen) atoms. The summed E-state index contributed by atoms with van der Waals surface area (Å²) in [5.41, 5.74) is 0.688. The fourth-order valence-electron chi connectivity index (χ4n) is 0.389. The third-order valence-corrected chi connectivity index (χ3v) is 1.46. The number of hydrogen-bond acceptors (Lipinski definition) is 2. The van der Waals surface area contributed by atoms with Gasteiger partial charge in [0.1, 0.15) is 0 Å². The minimum absolute atomic E-state index is 0.688. The molecule has 1 aliphatic rings. The third kappa shape index (κ3) is 2.07. The molecule has 0 aliphatic heterocycles. The van der Waals surface area contributed by atoms with Gasteiger partial charge in [-0.05, 0) is 12.8 Å². The van der Waals surface area contributed by atoms with Crippen LogP contribution in [0.1, 0.15) is 12.8 Å². The van der Waals surface area contributed by atoms with E-state index in [9.17, 15) is 12.3 Å². The summed E-state index contributed by atoms with van der Waals surface area (Å²) < 4.78 is 31.1. The van der Waals surface area contributed by atoms with Crippen LogP contribution in [0.5, 0.6) is 0 Å². The first-order chi connectivity index (χ1) is 3.58. The summed E-state index contributed by atoms with van der Waals surface area (Å²) in [7, 11) is -4.32. The molecule has 4 heteroatoms. The Morgan fingerprint density at radius 3 is 2.12 bits per heavy atom. The molecule has 0 aromatic carbocycles. The van der Waals surface area contributed by atoms with E-state index < -0.39 is 10.2 Å². The molecule has 0 aromatic heterocycles. The summed E-state index contributed by atoms with van der Waals surface area (Å²) in [6.45, 7) is 0. The van der Waals surface area contributed by atoms with Gasteiger partial charge >= 0.3 is 10.2 Å². The zero-order valence-corrected chi connectivity index (χ0v) is 4.91. The summed E-state index contributed by atoms with van der Waals surface area (Å²) in [5.74, 6) is 0. The van der Waals surface area contributed by atoms with Gasteiger partial charge in [-0.25, -0.2) is 0 Å². The summed E-state index contributed by atoms with van der Waals surface area (Å²) in [6.07, 6.45) is 1.48. The van der Waals surface area contributed by atoms with E-state index in [0.717, 1.165) is 12.8 Å². The molecule has 0 bridgehead atoms. The first-order valence-electron chi connectivity index (χ1n) is 2.22. The van der Waals surface area contributed by atoms with E-state index in [-0.39, 0.29) is 0 Å². The van der Waals surface area contributed by atoms with Gasteiger partial charge in [-0.1, -0.05) is 5.57 Å². The molecule has 0 spiro atoms. The van der Waals surface area contributed by atoms with E-state index >= 15 is 0 Å². The second-order valence-electron chi connectivity index (χ2n) is 1.75. The van der Waals surface area contributed by atoms with Crippen molar-refractivity contribution in [3.05, 3.63) is 11.0 Å². The van der Waals surface area contributed by atoms with Gasteiger partial charge in [0.05, 0.1) is 5.41 Å². The fourth-order valence-corrected chi connectivity index (χ4v) is 1.02. The molecule has 2 nitrogen and oxygen atoms in total. The normalized spacial score (nSPS) is 18.4. The van der Waals surface area contributed by atoms with Crippen LogP contribution in [0.3, 0.4) is 0 Å². The van der Waals surface area contributed by atoms with E-state index in [0.29, 0.717) is 11.0 Å². The standard InChI is InChI=1S/C4H5FO2S/c5-8(6,7)3-4-1-2-4/h3H,1-2H2. The van der Waals surface area contributed by atoms with Gasteiger partial charge in [-0.3, -0.25) is 0 Å². The van der Waals surface area contributed by atoms with Crippen molar-refractivity contribution in [2.24, 2.45) is 0 Å². The zero-order chi connectivity index (χ0) is 6.20. The maximum absolute atomic E-state index is 11.6. The Bertz CT molecular complexity index is 208. The third-order valence-electron chi connectivity index (χ3n) is 0.846. The summed E-state index contributed by atoms with van der Waals surface area (Å²) in [6, 6.07) is 0. The van der Waals surface area contributed by atoms with E-state index in [1.54, 1.807) is 0 Å². The van der Waals surface area contributed by atoms with Crippen LogP contribution in [-0.4, -0.2) is 8.42 Å². The molecule has 0 aromatic rings. The summed E-state index contributed by atoms with van der Waals surface area (Å²) >= 11 is 0. The van der Waals surface area contributed by atoms with Crippen LogP contribution < -0.4 is 0 Å². The van der Waals surface area contributed by atoms with Crippen molar-refractivity contribution in [3.8, 4) is 0 Å². The molecule has 0 N–H and O–H groups in total. The molecule has 0 amide bonds. The molecular weight excluding hydrogens is 131 g/mol. The average molecular weight is 136 g/mol. The van der Waals surface area contributed by atoms with Gasteiger partial charge in [-0.15, -0.1) is 3.89 Å². The molecular formula is C4H5FO2S. The minimum atomic E-state index is -4.32. The molecule has 0 unspecified atom stereocenters. The van der Waals surface area contributed by atoms with Gasteiger partial charge in [0.15, 0.2) is 0 Å². The predicted octanol–water partition coefficient (Wildman–Crippen LogP) is 0.963. The van der Waals surface area contributed by atoms with Gasteiger partial charge in [0, 0.05) is 0 Å². The Hall–Kier alpha value is -0.380. The second kappa shape index (κ2) is 1.55. The predicted molar refractivity (Wildman–Crippen MR) is 27.3 cm³/mol. The Balaban J connectivity index is 2.77. The van der Waals surface area contributed by atoms with Crippen molar-refractivity contribution in [1.82, 2.24) is 0 Å². The summed E-state index contributed by atoms with van der Waals surface area (Å²) in [5, 5.41) is 0.688. The molecule has 46 valence electrons. The van der Waals surface area contributed by atoms with E-state index in [1.807, 2.05) is 0 Å². The Morgan fingerprint density at radius 2 is 2.00 bits per heavy atom. The van der Waals surface area contributed by atoms with Crippen LogP contribution in [0.2, 0.25) is 0 Å². The number of halogens is 1. The quantitative estimate of drug-likeness (QED) is 0.503. The Kier molecular flexibility index (Phi) is 1.11. The lowest BCUT2D eigenvalue weighted by Crippen LogP contribution is -1.79. The van der Waals surface area contributed by atoms with Crippen LogP contribution in [-0.2, 0) is 10.2 Å². The molecule has 1 rings (SSSR count). The van der Waals surface area contributed by atoms with Crippen molar-refractivity contribution in [2.75, 3.05) is 0 Å². The number of allylic oxidation sites excluding steroid dienone is 1. The minimum Gasteiger partial charge on any atom is -0.190 e. The van der Waals surface area contributed by atoms with Crippen molar-refractivity contribution >= 4 is 10.2 Å². The van der Waals surface area contributed by atoms with Gasteiger partial charge in [0.2, 0.25) is 0 Å². The lowest BCUT2D eigenvalue weighted by molar-refractivity contribution is 0.563. The number of hydrogen-bond donors (Lipinski definition) is 0. The zero-order valence-electron chi connectivity index (χ0n) is 4.09. The maximum atomic E-state index is 11.6. The van der Waals surface area contributed by atoms with Gasteiger partial charge in [0.25, 0.3) is 0 Å². The molecule has 1 fully saturated rings. The molecule has 0 atom stereocenters. The highest BCUT2D eigenvalue weighted by Gasteiger charge is 2.15. The largest absolute Gasteiger partial charge is 0.325 e. The van der Waals surface area contributed by atoms with Crippen LogP contribution in [0.25, 0.3) is 0 Å².